The lowest BCUT2D eigenvalue weighted by Gasteiger charge is -2.53. The lowest BCUT2D eigenvalue weighted by atomic mass is 9.59. The summed E-state index contributed by atoms with van der Waals surface area (Å²) in [4.78, 5) is 0. The van der Waals surface area contributed by atoms with Gasteiger partial charge in [-0.15, -0.1) is 0 Å². The molecule has 104 valence electrons. The highest BCUT2D eigenvalue weighted by Crippen LogP contribution is 2.52. The van der Waals surface area contributed by atoms with Crippen LogP contribution in [0.2, 0.25) is 0 Å². The Labute approximate surface area is 128 Å². The van der Waals surface area contributed by atoms with Crippen LogP contribution in [0.1, 0.15) is 44.9 Å². The van der Waals surface area contributed by atoms with Crippen molar-refractivity contribution in [2.75, 3.05) is 0 Å². The second-order valence-corrected chi connectivity index (χ2v) is 7.21. The average molecular weight is 372 g/mol. The zero-order valence-electron chi connectivity index (χ0n) is 11.1. The van der Waals surface area contributed by atoms with Crippen molar-refractivity contribution in [1.29, 1.82) is 0 Å². The molecule has 2 unspecified atom stereocenters. The molecule has 2 aliphatic rings. The molecule has 0 heterocycles. The van der Waals surface area contributed by atoms with E-state index in [4.69, 9.17) is 4.74 Å². The van der Waals surface area contributed by atoms with E-state index in [9.17, 15) is 5.11 Å². The van der Waals surface area contributed by atoms with Crippen LogP contribution in [0.5, 0.6) is 5.75 Å². The zero-order valence-corrected chi connectivity index (χ0v) is 13.3. The number of benzene rings is 1. The Kier molecular flexibility index (Phi) is 4.03. The Balaban J connectivity index is 1.74. The summed E-state index contributed by atoms with van der Waals surface area (Å²) >= 11 is 2.31. The zero-order chi connectivity index (χ0) is 13.3. The number of aliphatic hydroxyl groups is 1. The molecular weight excluding hydrogens is 351 g/mol. The summed E-state index contributed by atoms with van der Waals surface area (Å²) in [6.07, 6.45) is 8.20. The van der Waals surface area contributed by atoms with Crippen molar-refractivity contribution < 1.29 is 9.84 Å². The molecule has 19 heavy (non-hydrogen) atoms. The van der Waals surface area contributed by atoms with Gasteiger partial charge in [0, 0.05) is 15.4 Å². The second-order valence-electron chi connectivity index (χ2n) is 5.96. The summed E-state index contributed by atoms with van der Waals surface area (Å²) in [6, 6.07) is 8.21. The van der Waals surface area contributed by atoms with Gasteiger partial charge in [-0.25, -0.2) is 0 Å². The highest BCUT2D eigenvalue weighted by molar-refractivity contribution is 14.1. The third-order valence-electron chi connectivity index (χ3n) is 4.85. The van der Waals surface area contributed by atoms with Gasteiger partial charge in [-0.3, -0.25) is 0 Å². The van der Waals surface area contributed by atoms with Crippen LogP contribution in [0.4, 0.5) is 0 Å². The molecule has 1 aromatic carbocycles. The lowest BCUT2D eigenvalue weighted by Crippen LogP contribution is -2.59. The molecule has 0 aromatic heterocycles. The van der Waals surface area contributed by atoms with Crippen molar-refractivity contribution in [1.82, 2.24) is 0 Å². The smallest absolute Gasteiger partial charge is 0.120 e. The molecule has 2 aliphatic carbocycles. The Morgan fingerprint density at radius 2 is 1.89 bits per heavy atom. The van der Waals surface area contributed by atoms with Gasteiger partial charge >= 0.3 is 0 Å². The molecule has 3 rings (SSSR count). The maximum atomic E-state index is 10.3. The van der Waals surface area contributed by atoms with E-state index in [1.54, 1.807) is 0 Å². The van der Waals surface area contributed by atoms with Gasteiger partial charge in [0.05, 0.1) is 6.10 Å². The quantitative estimate of drug-likeness (QED) is 0.791. The standard InChI is InChI=1S/C16H21IO2/c17-12-6-5-7-13(10-12)19-15-11-14(18)16(15)8-3-1-2-4-9-16/h5-7,10,14-15,18H,1-4,8-9,11H2. The maximum absolute atomic E-state index is 10.3. The SMILES string of the molecule is OC1CC(Oc2cccc(I)c2)C12CCCCCC2. The Bertz CT molecular complexity index is 438. The van der Waals surface area contributed by atoms with Gasteiger partial charge < -0.3 is 9.84 Å². The van der Waals surface area contributed by atoms with Gasteiger partial charge in [0.2, 0.25) is 0 Å². The molecule has 2 saturated carbocycles. The summed E-state index contributed by atoms with van der Waals surface area (Å²) in [5.74, 6) is 0.951. The van der Waals surface area contributed by atoms with E-state index in [1.807, 2.05) is 12.1 Å². The molecule has 0 radical (unpaired) electrons. The highest BCUT2D eigenvalue weighted by atomic mass is 127. The molecule has 0 bridgehead atoms. The normalized spacial score (nSPS) is 29.6. The molecule has 2 nitrogen and oxygen atoms in total. The molecule has 1 spiro atoms. The molecule has 0 aliphatic heterocycles. The van der Waals surface area contributed by atoms with Crippen molar-refractivity contribution in [3.8, 4) is 5.75 Å². The van der Waals surface area contributed by atoms with E-state index in [0.29, 0.717) is 0 Å². The first-order valence-corrected chi connectivity index (χ1v) is 8.39. The predicted octanol–water partition coefficient (Wildman–Crippen LogP) is 4.14. The predicted molar refractivity (Wildman–Crippen MR) is 84.3 cm³/mol. The Morgan fingerprint density at radius 1 is 1.16 bits per heavy atom. The van der Waals surface area contributed by atoms with E-state index < -0.39 is 0 Å². The fourth-order valence-electron chi connectivity index (χ4n) is 3.64. The maximum Gasteiger partial charge on any atom is 0.120 e. The van der Waals surface area contributed by atoms with E-state index in [-0.39, 0.29) is 17.6 Å². The van der Waals surface area contributed by atoms with Crippen LogP contribution in [0.3, 0.4) is 0 Å². The molecule has 1 aromatic rings. The van der Waals surface area contributed by atoms with Crippen LogP contribution in [-0.4, -0.2) is 17.3 Å². The molecule has 2 fully saturated rings. The number of hydrogen-bond donors (Lipinski definition) is 1. The van der Waals surface area contributed by atoms with Gasteiger partial charge in [-0.2, -0.15) is 0 Å². The van der Waals surface area contributed by atoms with Crippen molar-refractivity contribution in [3.05, 3.63) is 27.8 Å². The van der Waals surface area contributed by atoms with Gasteiger partial charge in [0.15, 0.2) is 0 Å². The molecule has 0 amide bonds. The summed E-state index contributed by atoms with van der Waals surface area (Å²) in [7, 11) is 0. The van der Waals surface area contributed by atoms with E-state index >= 15 is 0 Å². The van der Waals surface area contributed by atoms with Crippen LogP contribution in [0.25, 0.3) is 0 Å². The molecule has 0 saturated heterocycles. The topological polar surface area (TPSA) is 29.5 Å². The van der Waals surface area contributed by atoms with E-state index in [0.717, 1.165) is 25.0 Å². The number of rotatable bonds is 2. The van der Waals surface area contributed by atoms with Crippen LogP contribution in [0, 0.1) is 8.99 Å². The van der Waals surface area contributed by atoms with Gasteiger partial charge in [-0.05, 0) is 53.6 Å². The van der Waals surface area contributed by atoms with Crippen LogP contribution < -0.4 is 4.74 Å². The summed E-state index contributed by atoms with van der Waals surface area (Å²) in [6.45, 7) is 0. The number of ether oxygens (including phenoxy) is 1. The number of hydrogen-bond acceptors (Lipinski definition) is 2. The van der Waals surface area contributed by atoms with Gasteiger partial charge in [-0.1, -0.05) is 31.7 Å². The fraction of sp³-hybridized carbons (Fsp3) is 0.625. The lowest BCUT2D eigenvalue weighted by molar-refractivity contribution is -0.163. The Morgan fingerprint density at radius 3 is 2.53 bits per heavy atom. The second kappa shape index (κ2) is 5.60. The van der Waals surface area contributed by atoms with Crippen LogP contribution in [0.15, 0.2) is 24.3 Å². The van der Waals surface area contributed by atoms with Crippen molar-refractivity contribution >= 4 is 22.6 Å². The van der Waals surface area contributed by atoms with Crippen molar-refractivity contribution in [2.24, 2.45) is 5.41 Å². The molecule has 3 heteroatoms. The minimum Gasteiger partial charge on any atom is -0.490 e. The summed E-state index contributed by atoms with van der Waals surface area (Å²) in [5, 5.41) is 10.3. The first kappa shape index (κ1) is 13.7. The average Bonchev–Trinajstić information content (AvgIpc) is 2.66. The van der Waals surface area contributed by atoms with Crippen molar-refractivity contribution in [3.63, 3.8) is 0 Å². The van der Waals surface area contributed by atoms with E-state index in [2.05, 4.69) is 34.7 Å². The molecular formula is C16H21IO2. The van der Waals surface area contributed by atoms with E-state index in [1.165, 1.54) is 29.3 Å². The summed E-state index contributed by atoms with van der Waals surface area (Å²) < 4.78 is 7.38. The molecule has 2 atom stereocenters. The highest BCUT2D eigenvalue weighted by Gasteiger charge is 2.55. The molecule has 1 N–H and O–H groups in total. The Hall–Kier alpha value is -0.290. The monoisotopic (exact) mass is 372 g/mol. The number of halogens is 1. The minimum absolute atomic E-state index is 0.0395. The van der Waals surface area contributed by atoms with Crippen LogP contribution in [-0.2, 0) is 0 Å². The fourth-order valence-corrected chi connectivity index (χ4v) is 4.15. The third kappa shape index (κ3) is 2.64. The van der Waals surface area contributed by atoms with Crippen molar-refractivity contribution in [2.45, 2.75) is 57.2 Å². The first-order valence-electron chi connectivity index (χ1n) is 7.31. The number of aliphatic hydroxyl groups excluding tert-OH is 1. The van der Waals surface area contributed by atoms with Gasteiger partial charge in [0.25, 0.3) is 0 Å². The van der Waals surface area contributed by atoms with Gasteiger partial charge in [0.1, 0.15) is 11.9 Å². The first-order chi connectivity index (χ1) is 9.21. The summed E-state index contributed by atoms with van der Waals surface area (Å²) in [5.41, 5.74) is 0.0395. The largest absolute Gasteiger partial charge is 0.490 e. The third-order valence-corrected chi connectivity index (χ3v) is 5.52. The minimum atomic E-state index is -0.154. The van der Waals surface area contributed by atoms with Crippen LogP contribution >= 0.6 is 22.6 Å².